The quantitative estimate of drug-likeness (QED) is 0.133. The van der Waals surface area contributed by atoms with E-state index in [0.717, 1.165) is 33.6 Å². The normalized spacial score (nSPS) is 11.8. The van der Waals surface area contributed by atoms with Gasteiger partial charge in [-0.3, -0.25) is 0 Å². The third-order valence-electron chi connectivity index (χ3n) is 12.0. The van der Waals surface area contributed by atoms with Crippen LogP contribution in [0.5, 0.6) is 0 Å². The van der Waals surface area contributed by atoms with Gasteiger partial charge in [0.15, 0.2) is 5.82 Å². The molecule has 0 aliphatic heterocycles. The van der Waals surface area contributed by atoms with Crippen molar-refractivity contribution in [1.82, 2.24) is 9.97 Å². The first-order valence-electron chi connectivity index (χ1n) is 19.9. The van der Waals surface area contributed by atoms with Crippen LogP contribution in [0.1, 0.15) is 0 Å². The molecule has 0 radical (unpaired) electrons. The van der Waals surface area contributed by atoms with Crippen molar-refractivity contribution in [2.45, 2.75) is 0 Å². The molecule has 12 rings (SSSR count). The predicted octanol–water partition coefficient (Wildman–Crippen LogP) is 15.2. The molecule has 0 fully saturated rings. The highest BCUT2D eigenvalue weighted by atomic mass is 14.9. The number of nitrogens with zero attached hydrogens (tertiary/aromatic N) is 2. The standard InChI is InChI=1S/C56H34N2/c1-2-17-36(18-3-1)56-57-52(44-26-12-15-29-47(44)54-39-21-7-5-19-37(39)32-49-38-20-6-4-16-35(38)30-31-48(49)54)34-53(58-56)50-33-51-42-24-9-8-22-40(42)41-23-10-13-27-45(41)55(51)46-28-14-11-25-43(46)50/h1-34H. The molecular formula is C56H34N2. The summed E-state index contributed by atoms with van der Waals surface area (Å²) in [5.74, 6) is 0.698. The smallest absolute Gasteiger partial charge is 0.160 e. The van der Waals surface area contributed by atoms with Crippen LogP contribution in [0, 0.1) is 0 Å². The van der Waals surface area contributed by atoms with E-state index in [-0.39, 0.29) is 0 Å². The van der Waals surface area contributed by atoms with Gasteiger partial charge in [-0.1, -0.05) is 188 Å². The number of benzene rings is 11. The fourth-order valence-electron chi connectivity index (χ4n) is 9.45. The van der Waals surface area contributed by atoms with Gasteiger partial charge in [0.2, 0.25) is 0 Å². The summed E-state index contributed by atoms with van der Waals surface area (Å²) >= 11 is 0. The lowest BCUT2D eigenvalue weighted by Gasteiger charge is -2.18. The summed E-state index contributed by atoms with van der Waals surface area (Å²) in [5.41, 5.74) is 7.26. The zero-order valence-corrected chi connectivity index (χ0v) is 31.5. The van der Waals surface area contributed by atoms with Gasteiger partial charge in [-0.2, -0.15) is 0 Å². The van der Waals surface area contributed by atoms with E-state index >= 15 is 0 Å². The molecule has 2 heteroatoms. The lowest BCUT2D eigenvalue weighted by atomic mass is 9.86. The van der Waals surface area contributed by atoms with Gasteiger partial charge in [-0.25, -0.2) is 9.97 Å². The zero-order chi connectivity index (χ0) is 38.2. The molecule has 11 aromatic carbocycles. The summed E-state index contributed by atoms with van der Waals surface area (Å²) in [6, 6.07) is 74.6. The van der Waals surface area contributed by atoms with E-state index in [1.807, 2.05) is 6.07 Å². The molecule has 0 aliphatic rings. The molecule has 12 aromatic rings. The first kappa shape index (κ1) is 32.6. The van der Waals surface area contributed by atoms with Crippen molar-refractivity contribution in [3.63, 3.8) is 0 Å². The second-order valence-corrected chi connectivity index (χ2v) is 15.2. The number of fused-ring (bicyclic) bond motifs is 12. The number of hydrogen-bond donors (Lipinski definition) is 0. The maximum Gasteiger partial charge on any atom is 0.160 e. The van der Waals surface area contributed by atoms with E-state index in [4.69, 9.17) is 9.97 Å². The molecule has 1 heterocycles. The SMILES string of the molecule is c1ccc(-c2nc(-c3ccccc3-c3c4ccccc4cc4c3ccc3ccccc34)cc(-c3cc4c5ccccc5c5ccccc5c4c4ccccc34)n2)cc1. The monoisotopic (exact) mass is 734 g/mol. The third-order valence-corrected chi connectivity index (χ3v) is 12.0. The Morgan fingerprint density at radius 1 is 0.259 bits per heavy atom. The van der Waals surface area contributed by atoms with Crippen molar-refractivity contribution >= 4 is 75.4 Å². The van der Waals surface area contributed by atoms with Gasteiger partial charge in [-0.05, 0) is 105 Å². The Hall–Kier alpha value is -7.68. The summed E-state index contributed by atoms with van der Waals surface area (Å²) in [4.78, 5) is 10.8. The minimum absolute atomic E-state index is 0.698. The molecule has 0 spiro atoms. The predicted molar refractivity (Wildman–Crippen MR) is 246 cm³/mol. The third kappa shape index (κ3) is 4.99. The van der Waals surface area contributed by atoms with Gasteiger partial charge in [0.1, 0.15) is 0 Å². The molecule has 0 amide bonds. The second-order valence-electron chi connectivity index (χ2n) is 15.2. The summed E-state index contributed by atoms with van der Waals surface area (Å²) in [7, 11) is 0. The summed E-state index contributed by atoms with van der Waals surface area (Å²) in [6.45, 7) is 0. The van der Waals surface area contributed by atoms with Crippen LogP contribution in [0.3, 0.4) is 0 Å². The van der Waals surface area contributed by atoms with Gasteiger partial charge in [-0.15, -0.1) is 0 Å². The first-order chi connectivity index (χ1) is 28.8. The van der Waals surface area contributed by atoms with E-state index in [1.54, 1.807) is 0 Å². The van der Waals surface area contributed by atoms with Gasteiger partial charge < -0.3 is 0 Å². The highest BCUT2D eigenvalue weighted by molar-refractivity contribution is 6.33. The molecule has 0 aliphatic carbocycles. The summed E-state index contributed by atoms with van der Waals surface area (Å²) in [5, 5.41) is 17.3. The van der Waals surface area contributed by atoms with Crippen molar-refractivity contribution in [3.05, 3.63) is 206 Å². The van der Waals surface area contributed by atoms with Crippen molar-refractivity contribution in [1.29, 1.82) is 0 Å². The fourth-order valence-corrected chi connectivity index (χ4v) is 9.45. The molecule has 0 saturated heterocycles. The molecule has 0 atom stereocenters. The van der Waals surface area contributed by atoms with Crippen molar-refractivity contribution in [2.24, 2.45) is 0 Å². The Labute approximate surface area is 335 Å². The highest BCUT2D eigenvalue weighted by Crippen LogP contribution is 2.45. The highest BCUT2D eigenvalue weighted by Gasteiger charge is 2.21. The fraction of sp³-hybridized carbons (Fsp3) is 0. The van der Waals surface area contributed by atoms with Crippen molar-refractivity contribution in [2.75, 3.05) is 0 Å². The lowest BCUT2D eigenvalue weighted by molar-refractivity contribution is 1.19. The van der Waals surface area contributed by atoms with Crippen LogP contribution in [0.15, 0.2) is 206 Å². The van der Waals surface area contributed by atoms with Crippen LogP contribution in [0.25, 0.3) is 120 Å². The molecule has 0 saturated carbocycles. The molecule has 0 N–H and O–H groups in total. The van der Waals surface area contributed by atoms with E-state index in [0.29, 0.717) is 5.82 Å². The molecule has 58 heavy (non-hydrogen) atoms. The summed E-state index contributed by atoms with van der Waals surface area (Å²) < 4.78 is 0. The Morgan fingerprint density at radius 3 is 1.52 bits per heavy atom. The van der Waals surface area contributed by atoms with Crippen LogP contribution in [-0.2, 0) is 0 Å². The minimum atomic E-state index is 0.698. The maximum absolute atomic E-state index is 5.42. The van der Waals surface area contributed by atoms with Crippen molar-refractivity contribution in [3.8, 4) is 45.0 Å². The largest absolute Gasteiger partial charge is 0.228 e. The van der Waals surface area contributed by atoms with Crippen LogP contribution < -0.4 is 0 Å². The number of hydrogen-bond acceptors (Lipinski definition) is 2. The van der Waals surface area contributed by atoms with Gasteiger partial charge in [0.25, 0.3) is 0 Å². The van der Waals surface area contributed by atoms with Gasteiger partial charge >= 0.3 is 0 Å². The maximum atomic E-state index is 5.42. The topological polar surface area (TPSA) is 25.8 Å². The lowest BCUT2D eigenvalue weighted by Crippen LogP contribution is -1.98. The Bertz CT molecular complexity index is 3620. The van der Waals surface area contributed by atoms with E-state index in [2.05, 4.69) is 200 Å². The van der Waals surface area contributed by atoms with Crippen LogP contribution in [0.4, 0.5) is 0 Å². The number of aromatic nitrogens is 2. The van der Waals surface area contributed by atoms with Crippen LogP contribution in [0.2, 0.25) is 0 Å². The summed E-state index contributed by atoms with van der Waals surface area (Å²) in [6.07, 6.45) is 0. The molecule has 2 nitrogen and oxygen atoms in total. The van der Waals surface area contributed by atoms with Gasteiger partial charge in [0, 0.05) is 16.7 Å². The Balaban J connectivity index is 1.18. The van der Waals surface area contributed by atoms with Gasteiger partial charge in [0.05, 0.1) is 11.4 Å². The second kappa shape index (κ2) is 12.9. The molecule has 268 valence electrons. The number of rotatable bonds is 4. The van der Waals surface area contributed by atoms with Crippen molar-refractivity contribution < 1.29 is 0 Å². The molecule has 0 bridgehead atoms. The van der Waals surface area contributed by atoms with Crippen LogP contribution in [-0.4, -0.2) is 9.97 Å². The average Bonchev–Trinajstić information content (AvgIpc) is 3.30. The molecule has 0 unspecified atom stereocenters. The van der Waals surface area contributed by atoms with E-state index in [9.17, 15) is 0 Å². The zero-order valence-electron chi connectivity index (χ0n) is 31.5. The molecular weight excluding hydrogens is 701 g/mol. The van der Waals surface area contributed by atoms with E-state index in [1.165, 1.54) is 81.0 Å². The first-order valence-corrected chi connectivity index (χ1v) is 19.9. The van der Waals surface area contributed by atoms with Crippen LogP contribution >= 0.6 is 0 Å². The Morgan fingerprint density at radius 2 is 0.776 bits per heavy atom. The van der Waals surface area contributed by atoms with E-state index < -0.39 is 0 Å². The molecule has 1 aromatic heterocycles. The Kier molecular flexibility index (Phi) is 7.26. The minimum Gasteiger partial charge on any atom is -0.228 e. The average molecular weight is 735 g/mol.